The molecule has 0 heterocycles. The fraction of sp³-hybridized carbons (Fsp3) is 0. The third-order valence-electron chi connectivity index (χ3n) is 2.79. The van der Waals surface area contributed by atoms with Crippen LogP contribution in [0.15, 0.2) is 24.3 Å². The molecule has 6 nitrogen and oxygen atoms in total. The minimum atomic E-state index is -0.476. The van der Waals surface area contributed by atoms with Crippen molar-refractivity contribution < 1.29 is 30.0 Å². The molecule has 0 saturated carbocycles. The maximum atomic E-state index is 10.8. The highest BCUT2D eigenvalue weighted by molar-refractivity contribution is 5.92. The molecule has 0 spiro atoms. The predicted octanol–water partition coefficient (Wildman–Crippen LogP) is 1.80. The lowest BCUT2D eigenvalue weighted by atomic mass is 9.98. The number of carbonyl (C=O) groups is 2. The third kappa shape index (κ3) is 2.14. The Morgan fingerprint density at radius 2 is 1.00 bits per heavy atom. The second-order valence-corrected chi connectivity index (χ2v) is 4.10. The zero-order chi connectivity index (χ0) is 14.9. The van der Waals surface area contributed by atoms with E-state index in [2.05, 4.69) is 0 Å². The van der Waals surface area contributed by atoms with Crippen LogP contribution in [0, 0.1) is 0 Å². The van der Waals surface area contributed by atoms with Crippen LogP contribution < -0.4 is 0 Å². The Hall–Kier alpha value is -3.02. The van der Waals surface area contributed by atoms with Crippen LogP contribution >= 0.6 is 0 Å². The van der Waals surface area contributed by atoms with Gasteiger partial charge in [0.1, 0.15) is 23.0 Å². The van der Waals surface area contributed by atoms with Gasteiger partial charge in [-0.05, 0) is 24.3 Å². The molecule has 0 aliphatic heterocycles. The number of aldehydes is 2. The fourth-order valence-electron chi connectivity index (χ4n) is 1.87. The largest absolute Gasteiger partial charge is 0.508 e. The van der Waals surface area contributed by atoms with Crippen molar-refractivity contribution in [3.05, 3.63) is 35.4 Å². The molecule has 6 heteroatoms. The van der Waals surface area contributed by atoms with E-state index in [1.165, 1.54) is 0 Å². The standard InChI is InChI=1S/C14H10O6/c15-5-7-1-9(17)3-11(13(7)19)12-4-10(18)2-8(6-16)14(12)20/h1-6,17-20H. The second kappa shape index (κ2) is 4.93. The van der Waals surface area contributed by atoms with Gasteiger partial charge in [-0.15, -0.1) is 0 Å². The molecule has 4 N–H and O–H groups in total. The molecule has 0 aromatic heterocycles. The van der Waals surface area contributed by atoms with E-state index in [9.17, 15) is 30.0 Å². The summed E-state index contributed by atoms with van der Waals surface area (Å²) >= 11 is 0. The molecule has 20 heavy (non-hydrogen) atoms. The van der Waals surface area contributed by atoms with Crippen molar-refractivity contribution in [2.24, 2.45) is 0 Å². The average molecular weight is 274 g/mol. The smallest absolute Gasteiger partial charge is 0.153 e. The molecule has 0 aliphatic carbocycles. The molecule has 0 fully saturated rings. The molecule has 2 aromatic carbocycles. The van der Waals surface area contributed by atoms with Crippen LogP contribution in [-0.2, 0) is 0 Å². The van der Waals surface area contributed by atoms with Gasteiger partial charge in [-0.25, -0.2) is 0 Å². The third-order valence-corrected chi connectivity index (χ3v) is 2.79. The van der Waals surface area contributed by atoms with Crippen LogP contribution in [0.1, 0.15) is 20.7 Å². The van der Waals surface area contributed by atoms with Gasteiger partial charge in [0.15, 0.2) is 12.6 Å². The number of phenols is 4. The number of hydrogen-bond donors (Lipinski definition) is 4. The Balaban J connectivity index is 2.81. The van der Waals surface area contributed by atoms with Crippen molar-refractivity contribution in [1.29, 1.82) is 0 Å². The molecule has 0 saturated heterocycles. The van der Waals surface area contributed by atoms with Gasteiger partial charge >= 0.3 is 0 Å². The molecule has 0 bridgehead atoms. The molecule has 0 radical (unpaired) electrons. The van der Waals surface area contributed by atoms with Crippen molar-refractivity contribution >= 4 is 12.6 Å². The first kappa shape index (κ1) is 13.4. The highest BCUT2D eigenvalue weighted by atomic mass is 16.3. The molecule has 0 atom stereocenters. The summed E-state index contributed by atoms with van der Waals surface area (Å²) in [6.07, 6.45) is 0.665. The second-order valence-electron chi connectivity index (χ2n) is 4.10. The number of carbonyl (C=O) groups excluding carboxylic acids is 2. The normalized spacial score (nSPS) is 10.2. The van der Waals surface area contributed by atoms with Crippen molar-refractivity contribution in [1.82, 2.24) is 0 Å². The van der Waals surface area contributed by atoms with Gasteiger partial charge in [0.05, 0.1) is 11.1 Å². The number of hydrogen-bond acceptors (Lipinski definition) is 6. The van der Waals surface area contributed by atoms with Gasteiger partial charge in [-0.1, -0.05) is 0 Å². The summed E-state index contributed by atoms with van der Waals surface area (Å²) in [7, 11) is 0. The van der Waals surface area contributed by atoms with E-state index in [1.54, 1.807) is 0 Å². The Morgan fingerprint density at radius 3 is 1.30 bits per heavy atom. The van der Waals surface area contributed by atoms with Crippen LogP contribution in [0.3, 0.4) is 0 Å². The van der Waals surface area contributed by atoms with Gasteiger partial charge in [-0.3, -0.25) is 9.59 Å². The summed E-state index contributed by atoms with van der Waals surface area (Å²) in [6, 6.07) is 4.30. The van der Waals surface area contributed by atoms with E-state index in [-0.39, 0.29) is 33.8 Å². The van der Waals surface area contributed by atoms with E-state index in [0.29, 0.717) is 12.6 Å². The van der Waals surface area contributed by atoms with Gasteiger partial charge in [-0.2, -0.15) is 0 Å². The summed E-state index contributed by atoms with van der Waals surface area (Å²) in [6.45, 7) is 0. The van der Waals surface area contributed by atoms with E-state index in [1.807, 2.05) is 0 Å². The number of aromatic hydroxyl groups is 4. The highest BCUT2D eigenvalue weighted by Gasteiger charge is 2.17. The minimum absolute atomic E-state index is 0.0800. The summed E-state index contributed by atoms with van der Waals surface area (Å²) < 4.78 is 0. The zero-order valence-electron chi connectivity index (χ0n) is 10.1. The van der Waals surface area contributed by atoms with Crippen molar-refractivity contribution in [3.8, 4) is 34.1 Å². The lowest BCUT2D eigenvalue weighted by molar-refractivity contribution is 0.111. The molecular weight excluding hydrogens is 264 g/mol. The SMILES string of the molecule is O=Cc1cc(O)cc(-c2cc(O)cc(C=O)c2O)c1O. The van der Waals surface area contributed by atoms with Crippen molar-refractivity contribution in [2.75, 3.05) is 0 Å². The molecule has 0 amide bonds. The van der Waals surface area contributed by atoms with Gasteiger partial charge in [0.25, 0.3) is 0 Å². The van der Waals surface area contributed by atoms with Crippen molar-refractivity contribution in [2.45, 2.75) is 0 Å². The highest BCUT2D eigenvalue weighted by Crippen LogP contribution is 2.42. The van der Waals surface area contributed by atoms with Crippen LogP contribution in [0.5, 0.6) is 23.0 Å². The number of benzene rings is 2. The van der Waals surface area contributed by atoms with Gasteiger partial charge in [0, 0.05) is 11.1 Å². The summed E-state index contributed by atoms with van der Waals surface area (Å²) in [5.41, 5.74) is -0.530. The zero-order valence-corrected chi connectivity index (χ0v) is 10.1. The Morgan fingerprint density at radius 1 is 0.650 bits per heavy atom. The van der Waals surface area contributed by atoms with Gasteiger partial charge in [0.2, 0.25) is 0 Å². The first-order valence-corrected chi connectivity index (χ1v) is 5.50. The summed E-state index contributed by atoms with van der Waals surface area (Å²) in [5.74, 6) is -1.57. The Kier molecular flexibility index (Phi) is 3.30. The van der Waals surface area contributed by atoms with Crippen LogP contribution in [0.4, 0.5) is 0 Å². The molecule has 102 valence electrons. The van der Waals surface area contributed by atoms with Crippen LogP contribution in [0.25, 0.3) is 11.1 Å². The van der Waals surface area contributed by atoms with Crippen LogP contribution in [0.2, 0.25) is 0 Å². The first-order valence-electron chi connectivity index (χ1n) is 5.50. The van der Waals surface area contributed by atoms with Crippen LogP contribution in [-0.4, -0.2) is 33.0 Å². The maximum absolute atomic E-state index is 10.8. The minimum Gasteiger partial charge on any atom is -0.508 e. The van der Waals surface area contributed by atoms with E-state index in [4.69, 9.17) is 0 Å². The topological polar surface area (TPSA) is 115 Å². The predicted molar refractivity (Wildman–Crippen MR) is 69.3 cm³/mol. The van der Waals surface area contributed by atoms with E-state index >= 15 is 0 Å². The fourth-order valence-corrected chi connectivity index (χ4v) is 1.87. The molecule has 2 rings (SSSR count). The summed E-state index contributed by atoms with van der Waals surface area (Å²) in [4.78, 5) is 21.6. The van der Waals surface area contributed by atoms with E-state index < -0.39 is 11.5 Å². The first-order chi connectivity index (χ1) is 9.47. The van der Waals surface area contributed by atoms with Crippen molar-refractivity contribution in [3.63, 3.8) is 0 Å². The molecule has 2 aromatic rings. The lowest BCUT2D eigenvalue weighted by Gasteiger charge is -2.11. The van der Waals surface area contributed by atoms with Gasteiger partial charge < -0.3 is 20.4 Å². The Labute approximate surface area is 113 Å². The summed E-state index contributed by atoms with van der Waals surface area (Å²) in [5, 5.41) is 38.9. The number of rotatable bonds is 3. The lowest BCUT2D eigenvalue weighted by Crippen LogP contribution is -1.90. The Bertz CT molecular complexity index is 644. The maximum Gasteiger partial charge on any atom is 0.153 e. The number of phenolic OH excluding ortho intramolecular Hbond substituents is 4. The molecule has 0 unspecified atom stereocenters. The quantitative estimate of drug-likeness (QED) is 0.501. The average Bonchev–Trinajstić information content (AvgIpc) is 2.43. The molecular formula is C14H10O6. The van der Waals surface area contributed by atoms with E-state index in [0.717, 1.165) is 24.3 Å². The molecule has 0 aliphatic rings. The monoisotopic (exact) mass is 274 g/mol.